The molecule has 9 nitrogen and oxygen atoms in total. The molecule has 0 fully saturated rings. The molecule has 0 saturated heterocycles. The van der Waals surface area contributed by atoms with Crippen molar-refractivity contribution in [2.45, 2.75) is 13.0 Å². The van der Waals surface area contributed by atoms with Crippen molar-refractivity contribution in [2.75, 3.05) is 5.32 Å². The van der Waals surface area contributed by atoms with Crippen LogP contribution in [0.5, 0.6) is 5.75 Å². The van der Waals surface area contributed by atoms with Crippen LogP contribution in [-0.4, -0.2) is 35.0 Å². The van der Waals surface area contributed by atoms with Crippen LogP contribution in [0.1, 0.15) is 22.8 Å². The molecule has 1 atom stereocenters. The number of carbonyl (C=O) groups is 3. The first-order chi connectivity index (χ1) is 12.8. The van der Waals surface area contributed by atoms with E-state index in [9.17, 15) is 14.4 Å². The van der Waals surface area contributed by atoms with E-state index in [4.69, 9.17) is 21.0 Å². The monoisotopic (exact) mass is 370 g/mol. The minimum absolute atomic E-state index is 0.0913. The Bertz CT molecular complexity index is 862. The van der Waals surface area contributed by atoms with Gasteiger partial charge in [0.2, 0.25) is 0 Å². The zero-order chi connectivity index (χ0) is 20.0. The Balaban J connectivity index is 1.92. The number of nitrogen functional groups attached to an aromatic ring is 1. The van der Waals surface area contributed by atoms with E-state index < -0.39 is 24.0 Å². The van der Waals surface area contributed by atoms with Gasteiger partial charge in [-0.05, 0) is 55.5 Å². The van der Waals surface area contributed by atoms with Gasteiger partial charge in [0.05, 0.1) is 0 Å². The van der Waals surface area contributed by atoms with Crippen LogP contribution in [0.4, 0.5) is 10.5 Å². The molecule has 0 radical (unpaired) electrons. The highest BCUT2D eigenvalue weighted by atomic mass is 16.5. The zero-order valence-corrected chi connectivity index (χ0v) is 14.4. The van der Waals surface area contributed by atoms with Crippen LogP contribution in [0.3, 0.4) is 0 Å². The largest absolute Gasteiger partial charge is 0.479 e. The average molecular weight is 370 g/mol. The molecule has 1 unspecified atom stereocenters. The Morgan fingerprint density at radius 2 is 1.59 bits per heavy atom. The van der Waals surface area contributed by atoms with Crippen molar-refractivity contribution >= 4 is 29.4 Å². The molecular weight excluding hydrogens is 352 g/mol. The van der Waals surface area contributed by atoms with E-state index >= 15 is 0 Å². The minimum atomic E-state index is -1.11. The Labute approximate surface area is 154 Å². The van der Waals surface area contributed by atoms with Gasteiger partial charge in [-0.2, -0.15) is 0 Å². The molecule has 0 bridgehead atoms. The first kappa shape index (κ1) is 19.4. The molecule has 0 aliphatic carbocycles. The van der Waals surface area contributed by atoms with E-state index in [1.165, 1.54) is 31.2 Å². The summed E-state index contributed by atoms with van der Waals surface area (Å²) in [4.78, 5) is 34.7. The molecule has 0 aliphatic heterocycles. The van der Waals surface area contributed by atoms with Gasteiger partial charge >= 0.3 is 12.0 Å². The number of amidine groups is 1. The number of urea groups is 1. The molecule has 2 aromatic carbocycles. The van der Waals surface area contributed by atoms with Gasteiger partial charge in [-0.15, -0.1) is 0 Å². The number of carbonyl (C=O) groups excluding carboxylic acids is 2. The molecular formula is C18H18N4O5. The summed E-state index contributed by atoms with van der Waals surface area (Å²) in [6, 6.07) is 11.2. The van der Waals surface area contributed by atoms with Crippen LogP contribution in [0.15, 0.2) is 48.5 Å². The van der Waals surface area contributed by atoms with Gasteiger partial charge in [0.25, 0.3) is 5.91 Å². The number of aliphatic carboxylic acids is 1. The lowest BCUT2D eigenvalue weighted by molar-refractivity contribution is -0.144. The maximum absolute atomic E-state index is 12.1. The Kier molecular flexibility index (Phi) is 6.10. The van der Waals surface area contributed by atoms with Crippen molar-refractivity contribution in [1.29, 1.82) is 5.41 Å². The molecule has 0 saturated carbocycles. The number of carboxylic acid groups (broad SMARTS) is 1. The fourth-order valence-corrected chi connectivity index (χ4v) is 2.01. The number of nitrogens with two attached hydrogens (primary N) is 1. The van der Waals surface area contributed by atoms with Crippen LogP contribution in [0.25, 0.3) is 0 Å². The van der Waals surface area contributed by atoms with Gasteiger partial charge < -0.3 is 20.9 Å². The summed E-state index contributed by atoms with van der Waals surface area (Å²) in [5.74, 6) is -1.54. The van der Waals surface area contributed by atoms with E-state index in [1.807, 2.05) is 0 Å². The number of anilines is 1. The fraction of sp³-hybridized carbons (Fsp3) is 0.111. The van der Waals surface area contributed by atoms with E-state index in [-0.39, 0.29) is 17.1 Å². The average Bonchev–Trinajstić information content (AvgIpc) is 2.62. The quantitative estimate of drug-likeness (QED) is 0.386. The van der Waals surface area contributed by atoms with E-state index in [0.29, 0.717) is 11.3 Å². The molecule has 27 heavy (non-hydrogen) atoms. The van der Waals surface area contributed by atoms with E-state index in [2.05, 4.69) is 10.6 Å². The maximum Gasteiger partial charge on any atom is 0.344 e. The molecule has 0 heterocycles. The van der Waals surface area contributed by atoms with Gasteiger partial charge in [0.1, 0.15) is 11.6 Å². The number of benzene rings is 2. The van der Waals surface area contributed by atoms with E-state index in [1.54, 1.807) is 24.3 Å². The Hall–Kier alpha value is -3.88. The van der Waals surface area contributed by atoms with Crippen molar-refractivity contribution in [3.8, 4) is 5.75 Å². The summed E-state index contributed by atoms with van der Waals surface area (Å²) in [5, 5.41) is 20.8. The topological polar surface area (TPSA) is 155 Å². The summed E-state index contributed by atoms with van der Waals surface area (Å²) in [7, 11) is 0. The molecule has 0 aromatic heterocycles. The number of amides is 3. The predicted octanol–water partition coefficient (Wildman–Crippen LogP) is 1.78. The summed E-state index contributed by atoms with van der Waals surface area (Å²) >= 11 is 0. The van der Waals surface area contributed by atoms with Crippen LogP contribution >= 0.6 is 0 Å². The second-order valence-electron chi connectivity index (χ2n) is 5.52. The van der Waals surface area contributed by atoms with Crippen LogP contribution in [0, 0.1) is 5.41 Å². The van der Waals surface area contributed by atoms with E-state index in [0.717, 1.165) is 0 Å². The first-order valence-corrected chi connectivity index (χ1v) is 7.82. The maximum atomic E-state index is 12.1. The van der Waals surface area contributed by atoms with Gasteiger partial charge in [0, 0.05) is 16.8 Å². The van der Waals surface area contributed by atoms with Crippen LogP contribution < -0.4 is 21.1 Å². The molecule has 3 amide bonds. The number of nitrogens with one attached hydrogen (secondary N) is 3. The molecule has 9 heteroatoms. The van der Waals surface area contributed by atoms with Crippen molar-refractivity contribution in [3.05, 3.63) is 59.7 Å². The smallest absolute Gasteiger partial charge is 0.344 e. The van der Waals surface area contributed by atoms with Gasteiger partial charge in [-0.1, -0.05) is 0 Å². The highest BCUT2D eigenvalue weighted by Crippen LogP contribution is 2.14. The third-order valence-electron chi connectivity index (χ3n) is 3.46. The molecule has 0 spiro atoms. The SMILES string of the molecule is CC(Oc1ccc(C(=O)NC(=O)Nc2ccc(C(=N)N)cc2)cc1)C(=O)O. The lowest BCUT2D eigenvalue weighted by atomic mass is 10.2. The molecule has 0 aliphatic rings. The van der Waals surface area contributed by atoms with Crippen molar-refractivity contribution in [2.24, 2.45) is 5.73 Å². The van der Waals surface area contributed by atoms with Crippen LogP contribution in [0.2, 0.25) is 0 Å². The predicted molar refractivity (Wildman–Crippen MR) is 98.1 cm³/mol. The highest BCUT2D eigenvalue weighted by Gasteiger charge is 2.14. The first-order valence-electron chi connectivity index (χ1n) is 7.82. The van der Waals surface area contributed by atoms with Crippen LogP contribution in [-0.2, 0) is 4.79 Å². The van der Waals surface area contributed by atoms with Gasteiger partial charge in [-0.3, -0.25) is 15.5 Å². The number of hydrogen-bond acceptors (Lipinski definition) is 5. The lowest BCUT2D eigenvalue weighted by Gasteiger charge is -2.11. The number of rotatable bonds is 6. The third kappa shape index (κ3) is 5.56. The molecule has 2 aromatic rings. The van der Waals surface area contributed by atoms with Gasteiger partial charge in [-0.25, -0.2) is 9.59 Å². The number of hydrogen-bond donors (Lipinski definition) is 5. The normalized spacial score (nSPS) is 11.1. The lowest BCUT2D eigenvalue weighted by Crippen LogP contribution is -2.34. The van der Waals surface area contributed by atoms with Gasteiger partial charge in [0.15, 0.2) is 6.10 Å². The Morgan fingerprint density at radius 1 is 1.04 bits per heavy atom. The standard InChI is InChI=1S/C18H18N4O5/c1-10(17(24)25)27-14-8-4-12(5-9-14)16(23)22-18(26)21-13-6-2-11(3-7-13)15(19)20/h2-10H,1H3,(H3,19,20)(H,24,25)(H2,21,22,23,26). The molecule has 6 N–H and O–H groups in total. The highest BCUT2D eigenvalue weighted by molar-refractivity contribution is 6.08. The minimum Gasteiger partial charge on any atom is -0.479 e. The second kappa shape index (κ2) is 8.48. The number of carboxylic acids is 1. The summed E-state index contributed by atoms with van der Waals surface area (Å²) in [6.45, 7) is 1.39. The zero-order valence-electron chi connectivity index (χ0n) is 14.4. The summed E-state index contributed by atoms with van der Waals surface area (Å²) < 4.78 is 5.16. The molecule has 140 valence electrons. The summed E-state index contributed by atoms with van der Waals surface area (Å²) in [6.07, 6.45) is -1.02. The number of ether oxygens (including phenoxy) is 1. The Morgan fingerprint density at radius 3 is 2.11 bits per heavy atom. The summed E-state index contributed by atoms with van der Waals surface area (Å²) in [5.41, 5.74) is 6.49. The van der Waals surface area contributed by atoms with Crippen molar-refractivity contribution in [3.63, 3.8) is 0 Å². The number of imide groups is 1. The fourth-order valence-electron chi connectivity index (χ4n) is 2.01. The van der Waals surface area contributed by atoms with Crippen molar-refractivity contribution < 1.29 is 24.2 Å². The third-order valence-corrected chi connectivity index (χ3v) is 3.46. The van der Waals surface area contributed by atoms with Crippen molar-refractivity contribution in [1.82, 2.24) is 5.32 Å². The second-order valence-corrected chi connectivity index (χ2v) is 5.52. The molecule has 2 rings (SSSR count).